The Kier molecular flexibility index (Phi) is 5.86. The lowest BCUT2D eigenvalue weighted by atomic mass is 9.94. The standard InChI is InChI=1S/C15H22BrNO/c1-4-12-8-6-7-9-13(12)14(18)17-15(3,5-2)10-11-16/h6-9H,4-5,10-11H2,1-3H3,(H,17,18). The minimum absolute atomic E-state index is 0.0396. The third-order valence-electron chi connectivity index (χ3n) is 3.48. The Balaban J connectivity index is 2.87. The number of rotatable bonds is 6. The number of halogens is 1. The van der Waals surface area contributed by atoms with E-state index in [9.17, 15) is 4.79 Å². The third-order valence-corrected chi connectivity index (χ3v) is 3.88. The van der Waals surface area contributed by atoms with E-state index in [-0.39, 0.29) is 11.4 Å². The van der Waals surface area contributed by atoms with Crippen LogP contribution < -0.4 is 5.32 Å². The summed E-state index contributed by atoms with van der Waals surface area (Å²) in [6.07, 6.45) is 2.74. The van der Waals surface area contributed by atoms with Crippen molar-refractivity contribution in [1.29, 1.82) is 0 Å². The minimum atomic E-state index is -0.137. The predicted octanol–water partition coefficient (Wildman–Crippen LogP) is 3.93. The molecule has 1 rings (SSSR count). The van der Waals surface area contributed by atoms with Crippen LogP contribution in [-0.4, -0.2) is 16.8 Å². The van der Waals surface area contributed by atoms with Gasteiger partial charge in [0.1, 0.15) is 0 Å². The Morgan fingerprint density at radius 2 is 2.00 bits per heavy atom. The van der Waals surface area contributed by atoms with Crippen LogP contribution in [0.1, 0.15) is 49.5 Å². The largest absolute Gasteiger partial charge is 0.347 e. The first kappa shape index (κ1) is 15.2. The van der Waals surface area contributed by atoms with E-state index in [0.29, 0.717) is 0 Å². The fraction of sp³-hybridized carbons (Fsp3) is 0.533. The van der Waals surface area contributed by atoms with Gasteiger partial charge in [-0.2, -0.15) is 0 Å². The van der Waals surface area contributed by atoms with Crippen LogP contribution in [0.4, 0.5) is 0 Å². The number of benzene rings is 1. The van der Waals surface area contributed by atoms with Gasteiger partial charge in [0.2, 0.25) is 0 Å². The number of carbonyl (C=O) groups is 1. The second-order valence-electron chi connectivity index (χ2n) is 4.82. The van der Waals surface area contributed by atoms with Gasteiger partial charge in [0, 0.05) is 16.4 Å². The van der Waals surface area contributed by atoms with Crippen LogP contribution in [0.3, 0.4) is 0 Å². The zero-order chi connectivity index (χ0) is 13.6. The number of hydrogen-bond donors (Lipinski definition) is 1. The van der Waals surface area contributed by atoms with Crippen LogP contribution in [-0.2, 0) is 6.42 Å². The summed E-state index contributed by atoms with van der Waals surface area (Å²) in [6.45, 7) is 6.28. The zero-order valence-corrected chi connectivity index (χ0v) is 13.0. The number of alkyl halides is 1. The maximum atomic E-state index is 12.3. The van der Waals surface area contributed by atoms with E-state index in [1.54, 1.807) is 0 Å². The highest BCUT2D eigenvalue weighted by molar-refractivity contribution is 9.09. The zero-order valence-electron chi connectivity index (χ0n) is 11.4. The Morgan fingerprint density at radius 1 is 1.33 bits per heavy atom. The molecule has 0 bridgehead atoms. The summed E-state index contributed by atoms with van der Waals surface area (Å²) in [5, 5.41) is 4.06. The quantitative estimate of drug-likeness (QED) is 0.792. The van der Waals surface area contributed by atoms with E-state index in [1.807, 2.05) is 24.3 Å². The minimum Gasteiger partial charge on any atom is -0.347 e. The molecule has 1 unspecified atom stereocenters. The first-order chi connectivity index (χ1) is 8.56. The van der Waals surface area contributed by atoms with Crippen LogP contribution in [0.15, 0.2) is 24.3 Å². The Morgan fingerprint density at radius 3 is 2.56 bits per heavy atom. The molecular formula is C15H22BrNO. The van der Waals surface area contributed by atoms with Crippen LogP contribution in [0.5, 0.6) is 0 Å². The average molecular weight is 312 g/mol. The van der Waals surface area contributed by atoms with E-state index < -0.39 is 0 Å². The van der Waals surface area contributed by atoms with Gasteiger partial charge in [-0.1, -0.05) is 48.0 Å². The van der Waals surface area contributed by atoms with Crippen LogP contribution in [0, 0.1) is 0 Å². The molecule has 0 heterocycles. The summed E-state index contributed by atoms with van der Waals surface area (Å²) in [5.41, 5.74) is 1.77. The van der Waals surface area contributed by atoms with Crippen LogP contribution >= 0.6 is 15.9 Å². The smallest absolute Gasteiger partial charge is 0.251 e. The van der Waals surface area contributed by atoms with Crippen molar-refractivity contribution in [3.05, 3.63) is 35.4 Å². The molecule has 0 saturated heterocycles. The molecule has 18 heavy (non-hydrogen) atoms. The molecule has 0 fully saturated rings. The molecule has 2 nitrogen and oxygen atoms in total. The van der Waals surface area contributed by atoms with E-state index >= 15 is 0 Å². The van der Waals surface area contributed by atoms with Gasteiger partial charge in [-0.25, -0.2) is 0 Å². The fourth-order valence-electron chi connectivity index (χ4n) is 1.93. The van der Waals surface area contributed by atoms with Gasteiger partial charge in [0.25, 0.3) is 5.91 Å². The van der Waals surface area contributed by atoms with Gasteiger partial charge in [0.05, 0.1) is 0 Å². The highest BCUT2D eigenvalue weighted by Crippen LogP contribution is 2.18. The molecular weight excluding hydrogens is 290 g/mol. The van der Waals surface area contributed by atoms with E-state index in [0.717, 1.165) is 35.7 Å². The molecule has 1 N–H and O–H groups in total. The van der Waals surface area contributed by atoms with Gasteiger partial charge >= 0.3 is 0 Å². The molecule has 100 valence electrons. The molecule has 0 aliphatic heterocycles. The fourth-order valence-corrected chi connectivity index (χ4v) is 2.80. The van der Waals surface area contributed by atoms with E-state index in [1.165, 1.54) is 0 Å². The van der Waals surface area contributed by atoms with E-state index in [2.05, 4.69) is 42.0 Å². The van der Waals surface area contributed by atoms with Crippen LogP contribution in [0.25, 0.3) is 0 Å². The van der Waals surface area contributed by atoms with Gasteiger partial charge in [-0.05, 0) is 37.8 Å². The maximum Gasteiger partial charge on any atom is 0.251 e. The monoisotopic (exact) mass is 311 g/mol. The molecule has 1 aromatic rings. The van der Waals surface area contributed by atoms with Crippen molar-refractivity contribution in [1.82, 2.24) is 5.32 Å². The van der Waals surface area contributed by atoms with Gasteiger partial charge in [0.15, 0.2) is 0 Å². The van der Waals surface area contributed by atoms with Crippen molar-refractivity contribution < 1.29 is 4.79 Å². The van der Waals surface area contributed by atoms with Crippen LogP contribution in [0.2, 0.25) is 0 Å². The second kappa shape index (κ2) is 6.93. The molecule has 1 aromatic carbocycles. The topological polar surface area (TPSA) is 29.1 Å². The first-order valence-corrected chi connectivity index (χ1v) is 7.65. The Labute approximate surface area is 118 Å². The maximum absolute atomic E-state index is 12.3. The predicted molar refractivity (Wildman–Crippen MR) is 80.4 cm³/mol. The average Bonchev–Trinajstić information content (AvgIpc) is 2.38. The van der Waals surface area contributed by atoms with Crippen molar-refractivity contribution in [2.24, 2.45) is 0 Å². The van der Waals surface area contributed by atoms with Crippen molar-refractivity contribution in [2.45, 2.75) is 45.6 Å². The number of nitrogens with one attached hydrogen (secondary N) is 1. The molecule has 0 saturated carbocycles. The molecule has 0 aliphatic carbocycles. The van der Waals surface area contributed by atoms with Crippen molar-refractivity contribution in [2.75, 3.05) is 5.33 Å². The molecule has 0 spiro atoms. The lowest BCUT2D eigenvalue weighted by molar-refractivity contribution is 0.0901. The summed E-state index contributed by atoms with van der Waals surface area (Å²) in [7, 11) is 0. The first-order valence-electron chi connectivity index (χ1n) is 6.52. The second-order valence-corrected chi connectivity index (χ2v) is 5.61. The normalized spacial score (nSPS) is 14.0. The van der Waals surface area contributed by atoms with Gasteiger partial charge in [-0.3, -0.25) is 4.79 Å². The summed E-state index contributed by atoms with van der Waals surface area (Å²) in [5.74, 6) is 0.0396. The Bertz CT molecular complexity index is 405. The highest BCUT2D eigenvalue weighted by Gasteiger charge is 2.24. The number of amides is 1. The number of hydrogen-bond acceptors (Lipinski definition) is 1. The molecule has 3 heteroatoms. The summed E-state index contributed by atoms with van der Waals surface area (Å²) >= 11 is 3.45. The lowest BCUT2D eigenvalue weighted by Crippen LogP contribution is -2.46. The van der Waals surface area contributed by atoms with E-state index in [4.69, 9.17) is 0 Å². The molecule has 1 amide bonds. The summed E-state index contributed by atoms with van der Waals surface area (Å²) in [4.78, 5) is 12.3. The van der Waals surface area contributed by atoms with Crippen molar-refractivity contribution >= 4 is 21.8 Å². The SMILES string of the molecule is CCc1ccccc1C(=O)NC(C)(CC)CCBr. The molecule has 1 atom stereocenters. The van der Waals surface area contributed by atoms with Crippen molar-refractivity contribution in [3.63, 3.8) is 0 Å². The summed E-state index contributed by atoms with van der Waals surface area (Å²) in [6, 6.07) is 7.82. The number of carbonyl (C=O) groups excluding carboxylic acids is 1. The third kappa shape index (κ3) is 3.84. The molecule has 0 aliphatic rings. The summed E-state index contributed by atoms with van der Waals surface area (Å²) < 4.78 is 0. The van der Waals surface area contributed by atoms with Gasteiger partial charge in [-0.15, -0.1) is 0 Å². The number of aryl methyl sites for hydroxylation is 1. The lowest BCUT2D eigenvalue weighted by Gasteiger charge is -2.29. The molecule has 0 radical (unpaired) electrons. The highest BCUT2D eigenvalue weighted by atomic mass is 79.9. The van der Waals surface area contributed by atoms with Crippen molar-refractivity contribution in [3.8, 4) is 0 Å². The van der Waals surface area contributed by atoms with Gasteiger partial charge < -0.3 is 5.32 Å². The Hall–Kier alpha value is -0.830. The molecule has 0 aromatic heterocycles.